The maximum atomic E-state index is 12.0. The molecule has 2 aliphatic heterocycles. The van der Waals surface area contributed by atoms with Crippen molar-refractivity contribution < 1.29 is 14.6 Å². The number of fused-ring (bicyclic) bond motifs is 2. The van der Waals surface area contributed by atoms with Crippen molar-refractivity contribution in [3.63, 3.8) is 0 Å². The minimum Gasteiger partial charge on any atom is -0.460 e. The normalized spacial score (nSPS) is 31.0. The van der Waals surface area contributed by atoms with Gasteiger partial charge in [0.1, 0.15) is 6.10 Å². The van der Waals surface area contributed by atoms with Crippen molar-refractivity contribution in [1.29, 1.82) is 0 Å². The van der Waals surface area contributed by atoms with E-state index in [0.29, 0.717) is 17.6 Å². The molecule has 2 bridgehead atoms. The number of benzene rings is 1. The van der Waals surface area contributed by atoms with Crippen LogP contribution < -0.4 is 0 Å². The number of hydrogen-bond donors (Lipinski definition) is 1. The van der Waals surface area contributed by atoms with E-state index in [1.807, 2.05) is 18.2 Å². The highest BCUT2D eigenvalue weighted by Crippen LogP contribution is 2.35. The quantitative estimate of drug-likeness (QED) is 0.856. The smallest absolute Gasteiger partial charge is 0.339 e. The van der Waals surface area contributed by atoms with Crippen molar-refractivity contribution in [2.24, 2.45) is 0 Å². The van der Waals surface area contributed by atoms with Crippen LogP contribution in [0.25, 0.3) is 0 Å². The van der Waals surface area contributed by atoms with E-state index in [9.17, 15) is 9.90 Å². The van der Waals surface area contributed by atoms with E-state index >= 15 is 0 Å². The second kappa shape index (κ2) is 5.54. The van der Waals surface area contributed by atoms with Gasteiger partial charge in [-0.05, 0) is 38.3 Å². The van der Waals surface area contributed by atoms with E-state index in [4.69, 9.17) is 4.74 Å². The van der Waals surface area contributed by atoms with Gasteiger partial charge in [0, 0.05) is 12.1 Å². The number of nitrogens with zero attached hydrogens (tertiary/aromatic N) is 1. The fraction of sp³-hybridized carbons (Fsp3) is 0.562. The molecule has 0 amide bonds. The van der Waals surface area contributed by atoms with Crippen molar-refractivity contribution in [2.75, 3.05) is 7.05 Å². The fourth-order valence-electron chi connectivity index (χ4n) is 3.46. The summed E-state index contributed by atoms with van der Waals surface area (Å²) in [6.45, 7) is 0. The van der Waals surface area contributed by atoms with Gasteiger partial charge in [-0.2, -0.15) is 0 Å². The van der Waals surface area contributed by atoms with Crippen LogP contribution in [0, 0.1) is 0 Å². The SMILES string of the molecule is CN1[C@H]2CC[C@H]1CC(OC(=O)[C@H](O)c1ccccc1)C2. The van der Waals surface area contributed by atoms with Gasteiger partial charge >= 0.3 is 5.97 Å². The molecule has 1 aromatic rings. The highest BCUT2D eigenvalue weighted by Gasteiger charge is 2.40. The van der Waals surface area contributed by atoms with Crippen LogP contribution in [0.15, 0.2) is 30.3 Å². The lowest BCUT2D eigenvalue weighted by atomic mass is 10.0. The number of aliphatic hydroxyl groups is 1. The lowest BCUT2D eigenvalue weighted by molar-refractivity contribution is -0.162. The number of carbonyl (C=O) groups is 1. The number of carbonyl (C=O) groups excluding carboxylic acids is 1. The van der Waals surface area contributed by atoms with E-state index in [1.54, 1.807) is 12.1 Å². The molecule has 2 heterocycles. The molecular formula is C16H21NO3. The predicted molar refractivity (Wildman–Crippen MR) is 75.1 cm³/mol. The Morgan fingerprint density at radius 2 is 1.85 bits per heavy atom. The van der Waals surface area contributed by atoms with Crippen molar-refractivity contribution in [2.45, 2.75) is 50.0 Å². The second-order valence-corrected chi connectivity index (χ2v) is 5.89. The summed E-state index contributed by atoms with van der Waals surface area (Å²) >= 11 is 0. The zero-order chi connectivity index (χ0) is 14.1. The molecule has 4 nitrogen and oxygen atoms in total. The Hall–Kier alpha value is -1.39. The maximum Gasteiger partial charge on any atom is 0.339 e. The number of esters is 1. The van der Waals surface area contributed by atoms with E-state index in [1.165, 1.54) is 12.8 Å². The van der Waals surface area contributed by atoms with Crippen molar-refractivity contribution >= 4 is 5.97 Å². The fourth-order valence-corrected chi connectivity index (χ4v) is 3.46. The second-order valence-electron chi connectivity index (χ2n) is 5.89. The molecule has 0 saturated carbocycles. The Labute approximate surface area is 119 Å². The Kier molecular flexibility index (Phi) is 3.76. The number of rotatable bonds is 3. The van der Waals surface area contributed by atoms with Gasteiger partial charge in [-0.3, -0.25) is 0 Å². The first-order valence-electron chi connectivity index (χ1n) is 7.30. The van der Waals surface area contributed by atoms with E-state index in [-0.39, 0.29) is 6.10 Å². The summed E-state index contributed by atoms with van der Waals surface area (Å²) in [6.07, 6.45) is 2.94. The summed E-state index contributed by atoms with van der Waals surface area (Å²) < 4.78 is 5.52. The highest BCUT2D eigenvalue weighted by atomic mass is 16.6. The third-order valence-electron chi connectivity index (χ3n) is 4.68. The molecule has 3 atom stereocenters. The molecule has 2 aliphatic rings. The number of ether oxygens (including phenoxy) is 1. The summed E-state index contributed by atoms with van der Waals surface area (Å²) in [5.41, 5.74) is 0.591. The van der Waals surface area contributed by atoms with E-state index in [0.717, 1.165) is 12.8 Å². The number of hydrogen-bond acceptors (Lipinski definition) is 4. The van der Waals surface area contributed by atoms with Crippen molar-refractivity contribution in [3.05, 3.63) is 35.9 Å². The molecule has 1 aromatic carbocycles. The molecule has 20 heavy (non-hydrogen) atoms. The highest BCUT2D eigenvalue weighted by molar-refractivity contribution is 5.76. The zero-order valence-electron chi connectivity index (χ0n) is 11.7. The molecular weight excluding hydrogens is 254 g/mol. The average molecular weight is 275 g/mol. The van der Waals surface area contributed by atoms with Crippen LogP contribution in [0.4, 0.5) is 0 Å². The predicted octanol–water partition coefficient (Wildman–Crippen LogP) is 1.89. The van der Waals surface area contributed by atoms with Crippen LogP contribution in [0.3, 0.4) is 0 Å². The minimum atomic E-state index is -1.17. The molecule has 0 aliphatic carbocycles. The van der Waals surface area contributed by atoms with Gasteiger partial charge in [-0.25, -0.2) is 4.79 Å². The number of piperidine rings is 1. The maximum absolute atomic E-state index is 12.0. The minimum absolute atomic E-state index is 0.0467. The monoisotopic (exact) mass is 275 g/mol. The molecule has 108 valence electrons. The standard InChI is InChI=1S/C16H21NO3/c1-17-12-7-8-13(17)10-14(9-12)20-16(19)15(18)11-5-3-2-4-6-11/h2-6,12-15,18H,7-10H2,1H3/t12-,13-,15+/m0/s1. The van der Waals surface area contributed by atoms with Crippen molar-refractivity contribution in [1.82, 2.24) is 4.90 Å². The Balaban J connectivity index is 1.60. The van der Waals surface area contributed by atoms with Crippen molar-refractivity contribution in [3.8, 4) is 0 Å². The van der Waals surface area contributed by atoms with E-state index in [2.05, 4.69) is 11.9 Å². The van der Waals surface area contributed by atoms with Gasteiger partial charge in [-0.15, -0.1) is 0 Å². The largest absolute Gasteiger partial charge is 0.460 e. The van der Waals surface area contributed by atoms with Gasteiger partial charge in [0.05, 0.1) is 0 Å². The topological polar surface area (TPSA) is 49.8 Å². The van der Waals surface area contributed by atoms with E-state index < -0.39 is 12.1 Å². The Bertz CT molecular complexity index is 462. The lowest BCUT2D eigenvalue weighted by Gasteiger charge is -2.36. The van der Waals surface area contributed by atoms with Crippen LogP contribution in [-0.2, 0) is 9.53 Å². The molecule has 2 saturated heterocycles. The molecule has 0 aromatic heterocycles. The molecule has 1 N–H and O–H groups in total. The summed E-state index contributed by atoms with van der Waals surface area (Å²) in [7, 11) is 2.15. The van der Waals surface area contributed by atoms with Crippen LogP contribution >= 0.6 is 0 Å². The summed E-state index contributed by atoms with van der Waals surface area (Å²) in [5, 5.41) is 10.0. The molecule has 0 spiro atoms. The van der Waals surface area contributed by atoms with Gasteiger partial charge in [0.2, 0.25) is 0 Å². The first kappa shape index (κ1) is 13.6. The van der Waals surface area contributed by atoms with Gasteiger partial charge in [-0.1, -0.05) is 30.3 Å². The zero-order valence-corrected chi connectivity index (χ0v) is 11.7. The van der Waals surface area contributed by atoms with Gasteiger partial charge < -0.3 is 14.7 Å². The Morgan fingerprint density at radius 1 is 1.25 bits per heavy atom. The third-order valence-corrected chi connectivity index (χ3v) is 4.68. The summed E-state index contributed by atoms with van der Waals surface area (Å²) in [5.74, 6) is -0.523. The first-order chi connectivity index (χ1) is 9.65. The average Bonchev–Trinajstić information content (AvgIpc) is 2.69. The molecule has 0 unspecified atom stereocenters. The summed E-state index contributed by atoms with van der Waals surface area (Å²) in [6, 6.07) is 10.0. The molecule has 0 radical (unpaired) electrons. The third kappa shape index (κ3) is 2.58. The summed E-state index contributed by atoms with van der Waals surface area (Å²) in [4.78, 5) is 14.4. The Morgan fingerprint density at radius 3 is 2.45 bits per heavy atom. The molecule has 3 rings (SSSR count). The molecule has 2 fully saturated rings. The number of aliphatic hydroxyl groups excluding tert-OH is 1. The van der Waals surface area contributed by atoms with Gasteiger partial charge in [0.25, 0.3) is 0 Å². The van der Waals surface area contributed by atoms with Crippen LogP contribution in [-0.4, -0.2) is 41.2 Å². The lowest BCUT2D eigenvalue weighted by Crippen LogP contribution is -2.43. The molecule has 4 heteroatoms. The van der Waals surface area contributed by atoms with Crippen LogP contribution in [0.5, 0.6) is 0 Å². The van der Waals surface area contributed by atoms with Crippen LogP contribution in [0.2, 0.25) is 0 Å². The van der Waals surface area contributed by atoms with Crippen LogP contribution in [0.1, 0.15) is 37.4 Å². The first-order valence-corrected chi connectivity index (χ1v) is 7.30. The van der Waals surface area contributed by atoms with Gasteiger partial charge in [0.15, 0.2) is 6.10 Å².